The van der Waals surface area contributed by atoms with Gasteiger partial charge in [0.05, 0.1) is 0 Å². The van der Waals surface area contributed by atoms with Crippen LogP contribution >= 0.6 is 0 Å². The molecule has 0 spiro atoms. The first-order valence-corrected chi connectivity index (χ1v) is 3.69. The maximum absolute atomic E-state index is 10.0. The maximum atomic E-state index is 10.0. The van der Waals surface area contributed by atoms with Crippen LogP contribution in [0, 0.1) is 0 Å². The molecule has 1 heterocycles. The normalized spacial score (nSPS) is 21.4. The molecule has 0 saturated carbocycles. The summed E-state index contributed by atoms with van der Waals surface area (Å²) in [5, 5.41) is 8.72. The van der Waals surface area contributed by atoms with E-state index in [1.807, 2.05) is 0 Å². The van der Waals surface area contributed by atoms with Gasteiger partial charge in [-0.05, 0) is 0 Å². The molecule has 0 aromatic carbocycles. The van der Waals surface area contributed by atoms with Gasteiger partial charge in [-0.15, -0.1) is 0 Å². The van der Waals surface area contributed by atoms with Gasteiger partial charge >= 0.3 is 63.8 Å². The molecule has 1 rings (SSSR count). The van der Waals surface area contributed by atoms with Crippen LogP contribution in [0.4, 0.5) is 0 Å². The first-order chi connectivity index (χ1) is 4.55. The monoisotopic (exact) mass is 206 g/mol. The fourth-order valence-electron chi connectivity index (χ4n) is 0.267. The van der Waals surface area contributed by atoms with E-state index in [0.717, 1.165) is 0 Å². The molecule has 1 saturated heterocycles. The SMILES string of the molecule is [N-]=C([N]=[Fe+])N1OS(=O)(=O)O1. The summed E-state index contributed by atoms with van der Waals surface area (Å²) in [5.41, 5.74) is 0. The molecule has 0 radical (unpaired) electrons. The van der Waals surface area contributed by atoms with Gasteiger partial charge in [-0.2, -0.15) is 0 Å². The first-order valence-electron chi connectivity index (χ1n) is 1.86. The molecule has 7 nitrogen and oxygen atoms in total. The predicted octanol–water partition coefficient (Wildman–Crippen LogP) is -0.934. The number of hydrogen-bond acceptors (Lipinski definition) is 4. The van der Waals surface area contributed by atoms with Crippen LogP contribution in [0.3, 0.4) is 0 Å². The van der Waals surface area contributed by atoms with Gasteiger partial charge in [-0.25, -0.2) is 0 Å². The van der Waals surface area contributed by atoms with E-state index < -0.39 is 16.4 Å². The van der Waals surface area contributed by atoms with E-state index in [0.29, 0.717) is 0 Å². The van der Waals surface area contributed by atoms with Crippen molar-refractivity contribution in [3.8, 4) is 0 Å². The average Bonchev–Trinajstić information content (AvgIpc) is 1.81. The Balaban J connectivity index is 2.55. The number of rotatable bonds is 0. The third-order valence-corrected chi connectivity index (χ3v) is 1.41. The van der Waals surface area contributed by atoms with Crippen LogP contribution in [0.5, 0.6) is 0 Å². The number of guanidine groups is 1. The molecule has 9 heteroatoms. The number of hydroxylamine groups is 2. The Morgan fingerprint density at radius 2 is 2.10 bits per heavy atom. The van der Waals surface area contributed by atoms with E-state index >= 15 is 0 Å². The summed E-state index contributed by atoms with van der Waals surface area (Å²) >= 11 is 2.88. The molecule has 1 aliphatic heterocycles. The Labute approximate surface area is 64.3 Å². The molecule has 0 unspecified atom stereocenters. The van der Waals surface area contributed by atoms with Gasteiger partial charge in [0.1, 0.15) is 0 Å². The predicted molar refractivity (Wildman–Crippen MR) is 23.7 cm³/mol. The summed E-state index contributed by atoms with van der Waals surface area (Å²) in [6, 6.07) is 0. The minimum atomic E-state index is -3.93. The quantitative estimate of drug-likeness (QED) is 0.290. The van der Waals surface area contributed by atoms with Crippen molar-refractivity contribution in [2.45, 2.75) is 0 Å². The molecule has 0 aromatic rings. The van der Waals surface area contributed by atoms with Crippen LogP contribution in [0.15, 0.2) is 3.96 Å². The Hall–Kier alpha value is -0.341. The third kappa shape index (κ3) is 1.39. The van der Waals surface area contributed by atoms with Gasteiger partial charge in [-0.1, -0.05) is 0 Å². The number of hydrogen-bond donors (Lipinski definition) is 0. The van der Waals surface area contributed by atoms with Gasteiger partial charge in [0.2, 0.25) is 0 Å². The van der Waals surface area contributed by atoms with Crippen molar-refractivity contribution in [2.24, 2.45) is 3.96 Å². The molecule has 1 aliphatic rings. The summed E-state index contributed by atoms with van der Waals surface area (Å²) in [7, 11) is -3.93. The Bertz CT molecular complexity index is 258. The molecule has 57 valence electrons. The molecular weight excluding hydrogens is 206 g/mol. The molecule has 0 amide bonds. The van der Waals surface area contributed by atoms with Gasteiger partial charge < -0.3 is 0 Å². The summed E-state index contributed by atoms with van der Waals surface area (Å²) in [6.07, 6.45) is 0. The van der Waals surface area contributed by atoms with Crippen LogP contribution in [0.2, 0.25) is 0 Å². The van der Waals surface area contributed by atoms with E-state index in [1.54, 1.807) is 0 Å². The standard InChI is InChI=1S/CN3O4S.Fe/c2-1(3)4-7-9(5,6)8-4;/q-1;+1. The number of nitrogens with zero attached hydrogens (tertiary/aromatic N) is 3. The fraction of sp³-hybridized carbons (Fsp3) is 0. The second-order valence-corrected chi connectivity index (χ2v) is 2.56. The first kappa shape index (κ1) is 7.76. The Morgan fingerprint density at radius 1 is 1.60 bits per heavy atom. The third-order valence-electron chi connectivity index (χ3n) is 0.552. The van der Waals surface area contributed by atoms with Crippen molar-refractivity contribution in [1.82, 2.24) is 5.23 Å². The molecular formula is CFeN3O4S. The van der Waals surface area contributed by atoms with Crippen LogP contribution in [0.25, 0.3) is 5.41 Å². The molecule has 1 fully saturated rings. The summed E-state index contributed by atoms with van der Waals surface area (Å²) in [4.78, 5) is 0. The van der Waals surface area contributed by atoms with E-state index in [9.17, 15) is 8.42 Å². The molecule has 0 aliphatic carbocycles. The van der Waals surface area contributed by atoms with Crippen molar-refractivity contribution < 1.29 is 32.8 Å². The van der Waals surface area contributed by atoms with Crippen LogP contribution in [-0.2, 0) is 34.8 Å². The molecule has 10 heavy (non-hydrogen) atoms. The van der Waals surface area contributed by atoms with E-state index in [4.69, 9.17) is 5.41 Å². The van der Waals surface area contributed by atoms with Crippen molar-refractivity contribution in [1.29, 1.82) is 0 Å². The van der Waals surface area contributed by atoms with Gasteiger partial charge in [-0.3, -0.25) is 0 Å². The van der Waals surface area contributed by atoms with Crippen molar-refractivity contribution >= 4 is 16.4 Å². The fourth-order valence-corrected chi connectivity index (χ4v) is 0.833. The van der Waals surface area contributed by atoms with E-state index in [1.165, 1.54) is 0 Å². The summed E-state index contributed by atoms with van der Waals surface area (Å²) in [6.45, 7) is 0. The molecule has 0 bridgehead atoms. The Kier molecular flexibility index (Phi) is 1.84. The van der Waals surface area contributed by atoms with Crippen molar-refractivity contribution in [3.05, 3.63) is 5.41 Å². The summed E-state index contributed by atoms with van der Waals surface area (Å²) < 4.78 is 30.7. The zero-order valence-electron chi connectivity index (χ0n) is 4.24. The average molecular weight is 206 g/mol. The van der Waals surface area contributed by atoms with Gasteiger partial charge in [0, 0.05) is 0 Å². The molecule has 0 atom stereocenters. The van der Waals surface area contributed by atoms with E-state index in [-0.39, 0.29) is 5.23 Å². The summed E-state index contributed by atoms with van der Waals surface area (Å²) in [5.74, 6) is -0.769. The van der Waals surface area contributed by atoms with Gasteiger partial charge in [0.15, 0.2) is 0 Å². The van der Waals surface area contributed by atoms with Gasteiger partial charge in [0.25, 0.3) is 0 Å². The second kappa shape index (κ2) is 2.36. The molecule has 0 aromatic heterocycles. The van der Waals surface area contributed by atoms with E-state index in [2.05, 4.69) is 28.3 Å². The van der Waals surface area contributed by atoms with Crippen LogP contribution in [-0.4, -0.2) is 19.6 Å². The molecule has 0 N–H and O–H groups in total. The zero-order chi connectivity index (χ0) is 7.78. The van der Waals surface area contributed by atoms with Crippen LogP contribution < -0.4 is 0 Å². The van der Waals surface area contributed by atoms with Crippen molar-refractivity contribution in [3.63, 3.8) is 0 Å². The Morgan fingerprint density at radius 3 is 2.40 bits per heavy atom. The zero-order valence-corrected chi connectivity index (χ0v) is 6.16. The van der Waals surface area contributed by atoms with Crippen LogP contribution in [0.1, 0.15) is 0 Å². The van der Waals surface area contributed by atoms with Crippen molar-refractivity contribution in [2.75, 3.05) is 0 Å². The second-order valence-electron chi connectivity index (χ2n) is 1.19. The topological polar surface area (TPSA) is 90.5 Å². The minimum absolute atomic E-state index is 0.211.